The van der Waals surface area contributed by atoms with Crippen molar-refractivity contribution in [2.45, 2.75) is 52.7 Å². The molecule has 0 fully saturated rings. The minimum absolute atomic E-state index is 0.0129. The van der Waals surface area contributed by atoms with Gasteiger partial charge in [-0.3, -0.25) is 0 Å². The van der Waals surface area contributed by atoms with Gasteiger partial charge in [0.2, 0.25) is 0 Å². The van der Waals surface area contributed by atoms with Crippen molar-refractivity contribution in [2.24, 2.45) is 11.1 Å². The van der Waals surface area contributed by atoms with E-state index in [0.29, 0.717) is 6.61 Å². The minimum Gasteiger partial charge on any atom is -0.467 e. The zero-order valence-electron chi connectivity index (χ0n) is 11.4. The maximum Gasteiger partial charge on any atom is 0.134 e. The van der Waals surface area contributed by atoms with Crippen molar-refractivity contribution in [3.8, 4) is 0 Å². The molecule has 2 unspecified atom stereocenters. The van der Waals surface area contributed by atoms with Crippen LogP contribution in [0.5, 0.6) is 0 Å². The Hall–Kier alpha value is -0.800. The first-order chi connectivity index (χ1) is 7.94. The number of furan rings is 1. The van der Waals surface area contributed by atoms with Crippen LogP contribution in [-0.2, 0) is 4.74 Å². The van der Waals surface area contributed by atoms with Gasteiger partial charge >= 0.3 is 0 Å². The van der Waals surface area contributed by atoms with Crippen LogP contribution in [0.25, 0.3) is 0 Å². The van der Waals surface area contributed by atoms with E-state index in [2.05, 4.69) is 27.7 Å². The van der Waals surface area contributed by atoms with Crippen molar-refractivity contribution in [2.75, 3.05) is 6.61 Å². The van der Waals surface area contributed by atoms with Crippen molar-refractivity contribution >= 4 is 0 Å². The van der Waals surface area contributed by atoms with Gasteiger partial charge in [-0.05, 0) is 30.4 Å². The lowest BCUT2D eigenvalue weighted by Gasteiger charge is -2.24. The summed E-state index contributed by atoms with van der Waals surface area (Å²) in [6, 6.07) is 3.79. The SMILES string of the molecule is CCC(N)C(OCCC(C)(C)C)c1ccco1. The Morgan fingerprint density at radius 2 is 2.12 bits per heavy atom. The Morgan fingerprint density at radius 1 is 1.41 bits per heavy atom. The normalized spacial score (nSPS) is 15.8. The fourth-order valence-electron chi connectivity index (χ4n) is 1.58. The summed E-state index contributed by atoms with van der Waals surface area (Å²) in [5, 5.41) is 0. The maximum absolute atomic E-state index is 6.07. The molecule has 0 aliphatic rings. The Balaban J connectivity index is 2.54. The van der Waals surface area contributed by atoms with E-state index in [1.807, 2.05) is 12.1 Å². The summed E-state index contributed by atoms with van der Waals surface area (Å²) in [5.74, 6) is 0.827. The van der Waals surface area contributed by atoms with Crippen molar-refractivity contribution in [3.63, 3.8) is 0 Å². The van der Waals surface area contributed by atoms with Crippen LogP contribution in [0.4, 0.5) is 0 Å². The molecular weight excluding hydrogens is 214 g/mol. The molecule has 0 aliphatic heterocycles. The third-order valence-corrected chi connectivity index (χ3v) is 2.83. The lowest BCUT2D eigenvalue weighted by atomic mass is 9.93. The number of rotatable bonds is 6. The predicted molar refractivity (Wildman–Crippen MR) is 69.7 cm³/mol. The van der Waals surface area contributed by atoms with Crippen LogP contribution in [0.2, 0.25) is 0 Å². The summed E-state index contributed by atoms with van der Waals surface area (Å²) in [6.45, 7) is 9.39. The average Bonchev–Trinajstić information content (AvgIpc) is 2.75. The van der Waals surface area contributed by atoms with E-state index in [9.17, 15) is 0 Å². The van der Waals surface area contributed by atoms with E-state index in [1.165, 1.54) is 0 Å². The molecule has 1 aromatic heterocycles. The second kappa shape index (κ2) is 6.22. The molecule has 2 atom stereocenters. The van der Waals surface area contributed by atoms with E-state index in [-0.39, 0.29) is 17.6 Å². The highest BCUT2D eigenvalue weighted by Gasteiger charge is 2.22. The molecule has 17 heavy (non-hydrogen) atoms. The van der Waals surface area contributed by atoms with Crippen molar-refractivity contribution < 1.29 is 9.15 Å². The molecule has 0 aliphatic carbocycles. The highest BCUT2D eigenvalue weighted by atomic mass is 16.5. The first kappa shape index (κ1) is 14.3. The summed E-state index contributed by atoms with van der Waals surface area (Å²) >= 11 is 0. The maximum atomic E-state index is 6.07. The molecule has 0 aromatic carbocycles. The van der Waals surface area contributed by atoms with Gasteiger partial charge in [0, 0.05) is 12.6 Å². The van der Waals surface area contributed by atoms with E-state index >= 15 is 0 Å². The molecule has 3 nitrogen and oxygen atoms in total. The molecule has 1 heterocycles. The fourth-order valence-corrected chi connectivity index (χ4v) is 1.58. The average molecular weight is 239 g/mol. The molecular formula is C14H25NO2. The Kier molecular flexibility index (Phi) is 5.22. The Bertz CT molecular complexity index is 301. The Morgan fingerprint density at radius 3 is 2.59 bits per heavy atom. The van der Waals surface area contributed by atoms with E-state index in [4.69, 9.17) is 14.9 Å². The lowest BCUT2D eigenvalue weighted by molar-refractivity contribution is 0.00704. The molecule has 3 heteroatoms. The second-order valence-electron chi connectivity index (χ2n) is 5.69. The fraction of sp³-hybridized carbons (Fsp3) is 0.714. The smallest absolute Gasteiger partial charge is 0.134 e. The summed E-state index contributed by atoms with van der Waals surface area (Å²) in [6.07, 6.45) is 3.43. The van der Waals surface area contributed by atoms with Gasteiger partial charge in [0.15, 0.2) is 0 Å². The van der Waals surface area contributed by atoms with Gasteiger partial charge in [-0.1, -0.05) is 27.7 Å². The third kappa shape index (κ3) is 4.92. The topological polar surface area (TPSA) is 48.4 Å². The van der Waals surface area contributed by atoms with Gasteiger partial charge in [0.1, 0.15) is 11.9 Å². The van der Waals surface area contributed by atoms with Crippen LogP contribution in [0.15, 0.2) is 22.8 Å². The zero-order valence-corrected chi connectivity index (χ0v) is 11.4. The summed E-state index contributed by atoms with van der Waals surface area (Å²) < 4.78 is 11.3. The van der Waals surface area contributed by atoms with Crippen LogP contribution in [0.3, 0.4) is 0 Å². The third-order valence-electron chi connectivity index (χ3n) is 2.83. The van der Waals surface area contributed by atoms with Gasteiger partial charge in [0.05, 0.1) is 6.26 Å². The van der Waals surface area contributed by atoms with Crippen LogP contribution in [-0.4, -0.2) is 12.6 Å². The van der Waals surface area contributed by atoms with Crippen molar-refractivity contribution in [3.05, 3.63) is 24.2 Å². The largest absolute Gasteiger partial charge is 0.467 e. The van der Waals surface area contributed by atoms with E-state index in [0.717, 1.165) is 18.6 Å². The summed E-state index contributed by atoms with van der Waals surface area (Å²) in [5.41, 5.74) is 6.36. The zero-order chi connectivity index (χ0) is 12.9. The molecule has 2 N–H and O–H groups in total. The molecule has 1 aromatic rings. The lowest BCUT2D eigenvalue weighted by Crippen LogP contribution is -2.30. The van der Waals surface area contributed by atoms with E-state index < -0.39 is 0 Å². The summed E-state index contributed by atoms with van der Waals surface area (Å²) in [7, 11) is 0. The first-order valence-electron chi connectivity index (χ1n) is 6.34. The monoisotopic (exact) mass is 239 g/mol. The van der Waals surface area contributed by atoms with Crippen LogP contribution in [0, 0.1) is 5.41 Å². The molecule has 98 valence electrons. The molecule has 0 spiro atoms. The number of nitrogens with two attached hydrogens (primary N) is 1. The quantitative estimate of drug-likeness (QED) is 0.826. The van der Waals surface area contributed by atoms with Crippen LogP contribution in [0.1, 0.15) is 52.4 Å². The standard InChI is InChI=1S/C14H25NO2/c1-5-11(15)13(12-7-6-9-16-12)17-10-8-14(2,3)4/h6-7,9,11,13H,5,8,10,15H2,1-4H3. The van der Waals surface area contributed by atoms with Gasteiger partial charge in [-0.25, -0.2) is 0 Å². The highest BCUT2D eigenvalue weighted by molar-refractivity contribution is 5.04. The summed E-state index contributed by atoms with van der Waals surface area (Å²) in [4.78, 5) is 0. The van der Waals surface area contributed by atoms with Crippen molar-refractivity contribution in [1.82, 2.24) is 0 Å². The minimum atomic E-state index is -0.127. The Labute approximate surface area is 104 Å². The highest BCUT2D eigenvalue weighted by Crippen LogP contribution is 2.25. The molecule has 1 rings (SSSR count). The van der Waals surface area contributed by atoms with Gasteiger partial charge in [-0.2, -0.15) is 0 Å². The molecule has 0 saturated heterocycles. The van der Waals surface area contributed by atoms with Crippen molar-refractivity contribution in [1.29, 1.82) is 0 Å². The second-order valence-corrected chi connectivity index (χ2v) is 5.69. The first-order valence-corrected chi connectivity index (χ1v) is 6.34. The molecule has 0 radical (unpaired) electrons. The van der Waals surface area contributed by atoms with Crippen LogP contribution >= 0.6 is 0 Å². The number of hydrogen-bond acceptors (Lipinski definition) is 3. The molecule has 0 saturated carbocycles. The van der Waals surface area contributed by atoms with Gasteiger partial charge < -0.3 is 14.9 Å². The molecule has 0 bridgehead atoms. The predicted octanol–water partition coefficient (Wildman–Crippen LogP) is 3.51. The number of hydrogen-bond donors (Lipinski definition) is 1. The molecule has 0 amide bonds. The van der Waals surface area contributed by atoms with Crippen LogP contribution < -0.4 is 5.73 Å². The van der Waals surface area contributed by atoms with Gasteiger partial charge in [0.25, 0.3) is 0 Å². The van der Waals surface area contributed by atoms with E-state index in [1.54, 1.807) is 6.26 Å². The number of ether oxygens (including phenoxy) is 1. The van der Waals surface area contributed by atoms with Gasteiger partial charge in [-0.15, -0.1) is 0 Å².